The minimum atomic E-state index is 0.162. The van der Waals surface area contributed by atoms with Crippen molar-refractivity contribution in [2.45, 2.75) is 33.1 Å². The zero-order chi connectivity index (χ0) is 10.3. The van der Waals surface area contributed by atoms with Gasteiger partial charge in [0.2, 0.25) is 0 Å². The molecule has 2 heteroatoms. The molecule has 0 fully saturated rings. The van der Waals surface area contributed by atoms with E-state index in [1.165, 1.54) is 5.56 Å². The molecule has 0 aliphatic heterocycles. The lowest BCUT2D eigenvalue weighted by molar-refractivity contribution is 0.555. The molecular weight excluding hydrogens is 174 g/mol. The van der Waals surface area contributed by atoms with Crippen LogP contribution in [0.25, 0.3) is 11.1 Å². The molecule has 0 radical (unpaired) electrons. The number of rotatable bonds is 0. The van der Waals surface area contributed by atoms with Crippen LogP contribution >= 0.6 is 0 Å². The smallest absolute Gasteiger partial charge is 0.192 e. The lowest BCUT2D eigenvalue weighted by atomic mass is 9.87. The van der Waals surface area contributed by atoms with Crippen molar-refractivity contribution >= 4 is 11.1 Å². The molecule has 14 heavy (non-hydrogen) atoms. The molecule has 1 aromatic heterocycles. The fraction of sp³-hybridized carbons (Fsp3) is 0.417. The van der Waals surface area contributed by atoms with Gasteiger partial charge >= 0.3 is 0 Å². The fourth-order valence-electron chi connectivity index (χ4n) is 1.51. The van der Waals surface area contributed by atoms with E-state index in [-0.39, 0.29) is 5.41 Å². The molecule has 0 aliphatic rings. The van der Waals surface area contributed by atoms with Gasteiger partial charge in [-0.1, -0.05) is 26.8 Å². The van der Waals surface area contributed by atoms with Crippen LogP contribution in [0.3, 0.4) is 0 Å². The third kappa shape index (κ3) is 1.52. The number of fused-ring (bicyclic) bond motifs is 1. The quantitative estimate of drug-likeness (QED) is 0.634. The highest BCUT2D eigenvalue weighted by Crippen LogP contribution is 2.26. The normalized spacial score (nSPS) is 12.3. The van der Waals surface area contributed by atoms with Gasteiger partial charge in [0.05, 0.1) is 0 Å². The first-order valence-electron chi connectivity index (χ1n) is 4.84. The van der Waals surface area contributed by atoms with Crippen LogP contribution in [0.1, 0.15) is 32.2 Å². The topological polar surface area (TPSA) is 26.0 Å². The Bertz CT molecular complexity index is 463. The van der Waals surface area contributed by atoms with Crippen molar-refractivity contribution in [3.63, 3.8) is 0 Å². The summed E-state index contributed by atoms with van der Waals surface area (Å²) in [7, 11) is 0. The maximum atomic E-state index is 5.49. The summed E-state index contributed by atoms with van der Waals surface area (Å²) >= 11 is 0. The van der Waals surface area contributed by atoms with Crippen LogP contribution in [-0.2, 0) is 5.41 Å². The maximum Gasteiger partial charge on any atom is 0.192 e. The Morgan fingerprint density at radius 1 is 1.21 bits per heavy atom. The molecule has 0 unspecified atom stereocenters. The average Bonchev–Trinajstić information content (AvgIpc) is 2.41. The van der Waals surface area contributed by atoms with Gasteiger partial charge in [-0.2, -0.15) is 0 Å². The van der Waals surface area contributed by atoms with Crippen LogP contribution in [0, 0.1) is 6.92 Å². The van der Waals surface area contributed by atoms with Gasteiger partial charge in [-0.05, 0) is 23.1 Å². The average molecular weight is 189 g/mol. The van der Waals surface area contributed by atoms with Gasteiger partial charge in [0.15, 0.2) is 11.5 Å². The maximum absolute atomic E-state index is 5.49. The second-order valence-electron chi connectivity index (χ2n) is 4.67. The van der Waals surface area contributed by atoms with Gasteiger partial charge in [-0.25, -0.2) is 4.98 Å². The molecular formula is C12H15NO. The number of benzene rings is 1. The Labute approximate surface area is 84.0 Å². The van der Waals surface area contributed by atoms with E-state index in [1.54, 1.807) is 0 Å². The molecule has 0 aliphatic carbocycles. The van der Waals surface area contributed by atoms with Crippen molar-refractivity contribution in [1.82, 2.24) is 4.98 Å². The largest absolute Gasteiger partial charge is 0.441 e. The lowest BCUT2D eigenvalue weighted by Crippen LogP contribution is -2.10. The highest BCUT2D eigenvalue weighted by molar-refractivity contribution is 5.73. The molecule has 2 aromatic rings. The second kappa shape index (κ2) is 2.84. The van der Waals surface area contributed by atoms with E-state index in [4.69, 9.17) is 4.42 Å². The molecule has 0 atom stereocenters. The Morgan fingerprint density at radius 3 is 2.57 bits per heavy atom. The van der Waals surface area contributed by atoms with E-state index in [0.29, 0.717) is 0 Å². The summed E-state index contributed by atoms with van der Waals surface area (Å²) in [5, 5.41) is 0. The summed E-state index contributed by atoms with van der Waals surface area (Å²) < 4.78 is 5.49. The summed E-state index contributed by atoms with van der Waals surface area (Å²) in [5.41, 5.74) is 3.26. The Morgan fingerprint density at radius 2 is 1.93 bits per heavy atom. The third-order valence-electron chi connectivity index (χ3n) is 2.36. The number of nitrogens with zero attached hydrogens (tertiary/aromatic N) is 1. The van der Waals surface area contributed by atoms with E-state index in [2.05, 4.69) is 37.9 Å². The molecule has 2 nitrogen and oxygen atoms in total. The van der Waals surface area contributed by atoms with Crippen LogP contribution < -0.4 is 0 Å². The van der Waals surface area contributed by atoms with E-state index in [1.807, 2.05) is 13.0 Å². The number of aryl methyl sites for hydroxylation is 1. The molecule has 0 saturated carbocycles. The van der Waals surface area contributed by atoms with E-state index < -0.39 is 0 Å². The highest BCUT2D eigenvalue weighted by Gasteiger charge is 2.15. The van der Waals surface area contributed by atoms with Crippen molar-refractivity contribution in [2.75, 3.05) is 0 Å². The fourth-order valence-corrected chi connectivity index (χ4v) is 1.51. The van der Waals surface area contributed by atoms with Crippen molar-refractivity contribution < 1.29 is 4.42 Å². The molecule has 0 bridgehead atoms. The van der Waals surface area contributed by atoms with Crippen LogP contribution in [0.15, 0.2) is 22.6 Å². The van der Waals surface area contributed by atoms with Crippen LogP contribution in [-0.4, -0.2) is 4.98 Å². The highest BCUT2D eigenvalue weighted by atomic mass is 16.3. The van der Waals surface area contributed by atoms with Crippen molar-refractivity contribution in [3.8, 4) is 0 Å². The summed E-state index contributed by atoms with van der Waals surface area (Å²) in [6, 6.07) is 6.21. The van der Waals surface area contributed by atoms with E-state index >= 15 is 0 Å². The van der Waals surface area contributed by atoms with Crippen molar-refractivity contribution in [2.24, 2.45) is 0 Å². The minimum absolute atomic E-state index is 0.162. The number of oxazole rings is 1. The first kappa shape index (κ1) is 9.25. The Hall–Kier alpha value is -1.31. The molecule has 0 amide bonds. The Balaban J connectivity index is 2.62. The van der Waals surface area contributed by atoms with Gasteiger partial charge in [-0.15, -0.1) is 0 Å². The molecule has 74 valence electrons. The third-order valence-corrected chi connectivity index (χ3v) is 2.36. The van der Waals surface area contributed by atoms with Crippen LogP contribution in [0.5, 0.6) is 0 Å². The van der Waals surface area contributed by atoms with Crippen LogP contribution in [0.2, 0.25) is 0 Å². The number of hydrogen-bond acceptors (Lipinski definition) is 2. The number of hydrogen-bond donors (Lipinski definition) is 0. The SMILES string of the molecule is Cc1nc2ccc(C(C)(C)C)cc2o1. The van der Waals surface area contributed by atoms with E-state index in [0.717, 1.165) is 17.0 Å². The molecule has 0 spiro atoms. The second-order valence-corrected chi connectivity index (χ2v) is 4.67. The standard InChI is InChI=1S/C12H15NO/c1-8-13-10-6-5-9(12(2,3)4)7-11(10)14-8/h5-7H,1-4H3. The lowest BCUT2D eigenvalue weighted by Gasteiger charge is -2.18. The summed E-state index contributed by atoms with van der Waals surface area (Å²) in [6.07, 6.45) is 0. The van der Waals surface area contributed by atoms with Crippen LogP contribution in [0.4, 0.5) is 0 Å². The molecule has 0 saturated heterocycles. The summed E-state index contributed by atoms with van der Waals surface area (Å²) in [5.74, 6) is 0.728. The summed E-state index contributed by atoms with van der Waals surface area (Å²) in [4.78, 5) is 4.27. The zero-order valence-corrected chi connectivity index (χ0v) is 9.09. The summed E-state index contributed by atoms with van der Waals surface area (Å²) in [6.45, 7) is 8.45. The molecule has 1 aromatic carbocycles. The predicted octanol–water partition coefficient (Wildman–Crippen LogP) is 3.43. The minimum Gasteiger partial charge on any atom is -0.441 e. The van der Waals surface area contributed by atoms with Gasteiger partial charge in [-0.3, -0.25) is 0 Å². The predicted molar refractivity (Wildman–Crippen MR) is 57.4 cm³/mol. The van der Waals surface area contributed by atoms with E-state index in [9.17, 15) is 0 Å². The molecule has 2 rings (SSSR count). The van der Waals surface area contributed by atoms with Crippen molar-refractivity contribution in [1.29, 1.82) is 0 Å². The van der Waals surface area contributed by atoms with Gasteiger partial charge in [0.1, 0.15) is 5.52 Å². The van der Waals surface area contributed by atoms with Gasteiger partial charge in [0, 0.05) is 6.92 Å². The first-order valence-corrected chi connectivity index (χ1v) is 4.84. The molecule has 0 N–H and O–H groups in total. The first-order chi connectivity index (χ1) is 6.47. The Kier molecular flexibility index (Phi) is 1.88. The number of aromatic nitrogens is 1. The zero-order valence-electron chi connectivity index (χ0n) is 9.09. The van der Waals surface area contributed by atoms with Gasteiger partial charge in [0.25, 0.3) is 0 Å². The van der Waals surface area contributed by atoms with Gasteiger partial charge < -0.3 is 4.42 Å². The van der Waals surface area contributed by atoms with Crippen molar-refractivity contribution in [3.05, 3.63) is 29.7 Å². The molecule has 1 heterocycles. The monoisotopic (exact) mass is 189 g/mol.